The first-order chi connectivity index (χ1) is 16.3. The fraction of sp³-hybridized carbons (Fsp3) is 0.125. The lowest BCUT2D eigenvalue weighted by Crippen LogP contribution is -2.54. The maximum atomic E-state index is 13.2. The van der Waals surface area contributed by atoms with Crippen LogP contribution in [-0.2, 0) is 9.59 Å². The lowest BCUT2D eigenvalue weighted by Gasteiger charge is -2.27. The fourth-order valence-electron chi connectivity index (χ4n) is 3.21. The number of nitrogens with zero attached hydrogens (tertiary/aromatic N) is 1. The number of ether oxygens (including phenoxy) is 2. The highest BCUT2D eigenvalue weighted by Gasteiger charge is 2.38. The number of rotatable bonds is 6. The molecule has 1 saturated heterocycles. The monoisotopic (exact) mass is 542 g/mol. The summed E-state index contributed by atoms with van der Waals surface area (Å²) in [6.07, 6.45) is 1.30. The van der Waals surface area contributed by atoms with Crippen LogP contribution in [0.15, 0.2) is 73.0 Å². The van der Waals surface area contributed by atoms with Crippen molar-refractivity contribution in [3.63, 3.8) is 0 Å². The molecule has 4 amide bonds. The summed E-state index contributed by atoms with van der Waals surface area (Å²) in [5, 5.41) is 2.75. The van der Waals surface area contributed by atoms with Crippen molar-refractivity contribution in [2.75, 3.05) is 19.1 Å². The predicted molar refractivity (Wildman–Crippen MR) is 130 cm³/mol. The van der Waals surface area contributed by atoms with Gasteiger partial charge in [-0.1, -0.05) is 29.5 Å². The van der Waals surface area contributed by atoms with Gasteiger partial charge in [-0.25, -0.2) is 9.69 Å². The van der Waals surface area contributed by atoms with Gasteiger partial charge in [-0.3, -0.25) is 14.9 Å². The topological polar surface area (TPSA) is 98.1 Å². The maximum absolute atomic E-state index is 13.2. The molecule has 1 aliphatic rings. The van der Waals surface area contributed by atoms with Crippen LogP contribution in [0.4, 0.5) is 10.5 Å². The molecule has 1 N–H and O–H groups in total. The molecule has 0 saturated carbocycles. The molecule has 0 spiro atoms. The van der Waals surface area contributed by atoms with Gasteiger partial charge in [0.1, 0.15) is 22.8 Å². The molecule has 1 aliphatic heterocycles. The molecule has 0 atom stereocenters. The Morgan fingerprint density at radius 2 is 1.76 bits per heavy atom. The number of nitrogens with one attached hydrogen (secondary N) is 1. The van der Waals surface area contributed by atoms with Gasteiger partial charge in [0.25, 0.3) is 11.8 Å². The molecule has 4 rings (SSSR count). The molecule has 2 aromatic carbocycles. The first kappa shape index (κ1) is 23.7. The van der Waals surface area contributed by atoms with Gasteiger partial charge >= 0.3 is 6.03 Å². The van der Waals surface area contributed by atoms with E-state index >= 15 is 0 Å². The van der Waals surface area contributed by atoms with Gasteiger partial charge in [-0.15, -0.1) is 0 Å². The van der Waals surface area contributed by atoms with Crippen LogP contribution in [0.25, 0.3) is 6.08 Å². The Morgan fingerprint density at radius 3 is 2.44 bits per heavy atom. The van der Waals surface area contributed by atoms with E-state index in [2.05, 4.69) is 21.2 Å². The molecule has 0 aliphatic carbocycles. The second-order valence-electron chi connectivity index (χ2n) is 7.19. The SMILES string of the molecule is COc1ccc(N2C(=O)NC(=O)C(=Cc3cc(Br)c(Sc4ccc(C)cc4)o3)C2=O)c(OC)c1. The van der Waals surface area contributed by atoms with Crippen molar-refractivity contribution in [2.24, 2.45) is 0 Å². The van der Waals surface area contributed by atoms with Gasteiger partial charge in [0.05, 0.1) is 24.4 Å². The first-order valence-electron chi connectivity index (χ1n) is 9.98. The molecule has 0 bridgehead atoms. The zero-order chi connectivity index (χ0) is 24.4. The number of hydrogen-bond acceptors (Lipinski definition) is 7. The van der Waals surface area contributed by atoms with E-state index in [0.29, 0.717) is 15.3 Å². The summed E-state index contributed by atoms with van der Waals surface area (Å²) in [6.45, 7) is 2.00. The summed E-state index contributed by atoms with van der Waals surface area (Å²) in [5.41, 5.74) is 1.05. The minimum atomic E-state index is -0.883. The average molecular weight is 543 g/mol. The van der Waals surface area contributed by atoms with E-state index in [-0.39, 0.29) is 22.8 Å². The van der Waals surface area contributed by atoms with Crippen molar-refractivity contribution in [1.29, 1.82) is 0 Å². The van der Waals surface area contributed by atoms with E-state index in [1.54, 1.807) is 12.1 Å². The van der Waals surface area contributed by atoms with E-state index in [0.717, 1.165) is 15.4 Å². The number of amides is 4. The van der Waals surface area contributed by atoms with E-state index in [1.165, 1.54) is 44.2 Å². The van der Waals surface area contributed by atoms with Crippen molar-refractivity contribution >= 4 is 57.3 Å². The summed E-state index contributed by atoms with van der Waals surface area (Å²) < 4.78 is 17.0. The highest BCUT2D eigenvalue weighted by atomic mass is 79.9. The third-order valence-electron chi connectivity index (χ3n) is 4.92. The van der Waals surface area contributed by atoms with Crippen LogP contribution in [0.1, 0.15) is 11.3 Å². The maximum Gasteiger partial charge on any atom is 0.336 e. The van der Waals surface area contributed by atoms with Gasteiger partial charge in [0.2, 0.25) is 0 Å². The number of methoxy groups -OCH3 is 2. The van der Waals surface area contributed by atoms with E-state index in [9.17, 15) is 14.4 Å². The van der Waals surface area contributed by atoms with Crippen molar-refractivity contribution in [1.82, 2.24) is 5.32 Å². The van der Waals surface area contributed by atoms with Crippen molar-refractivity contribution in [2.45, 2.75) is 16.9 Å². The van der Waals surface area contributed by atoms with Crippen LogP contribution in [0, 0.1) is 6.92 Å². The first-order valence-corrected chi connectivity index (χ1v) is 11.6. The minimum absolute atomic E-state index is 0.167. The number of barbiturate groups is 1. The number of imide groups is 2. The Labute approximate surface area is 208 Å². The molecule has 0 radical (unpaired) electrons. The highest BCUT2D eigenvalue weighted by molar-refractivity contribution is 9.10. The normalized spacial score (nSPS) is 15.0. The number of aryl methyl sites for hydroxylation is 1. The number of benzene rings is 2. The van der Waals surface area contributed by atoms with Crippen molar-refractivity contribution in [3.8, 4) is 11.5 Å². The predicted octanol–water partition coefficient (Wildman–Crippen LogP) is 5.19. The van der Waals surface area contributed by atoms with Crippen molar-refractivity contribution < 1.29 is 28.3 Å². The zero-order valence-electron chi connectivity index (χ0n) is 18.4. The smallest absolute Gasteiger partial charge is 0.336 e. The van der Waals surface area contributed by atoms with Crippen LogP contribution < -0.4 is 19.7 Å². The van der Waals surface area contributed by atoms with E-state index in [1.807, 2.05) is 31.2 Å². The van der Waals surface area contributed by atoms with E-state index in [4.69, 9.17) is 13.9 Å². The second kappa shape index (κ2) is 9.78. The molecule has 34 heavy (non-hydrogen) atoms. The molecule has 3 aromatic rings. The zero-order valence-corrected chi connectivity index (χ0v) is 20.8. The number of carbonyl (C=O) groups excluding carboxylic acids is 3. The van der Waals surface area contributed by atoms with Gasteiger partial charge < -0.3 is 13.9 Å². The van der Waals surface area contributed by atoms with Gasteiger partial charge in [0.15, 0.2) is 5.09 Å². The third kappa shape index (κ3) is 4.73. The molecule has 1 aromatic heterocycles. The summed E-state index contributed by atoms with van der Waals surface area (Å²) in [5.74, 6) is -0.641. The minimum Gasteiger partial charge on any atom is -0.497 e. The summed E-state index contributed by atoms with van der Waals surface area (Å²) in [4.78, 5) is 40.1. The molecule has 10 heteroatoms. The largest absolute Gasteiger partial charge is 0.497 e. The Kier molecular flexibility index (Phi) is 6.80. The fourth-order valence-corrected chi connectivity index (χ4v) is 4.54. The molecule has 2 heterocycles. The number of carbonyl (C=O) groups is 3. The van der Waals surface area contributed by atoms with E-state index < -0.39 is 17.8 Å². The molecule has 174 valence electrons. The Bertz CT molecular complexity index is 1320. The summed E-state index contributed by atoms with van der Waals surface area (Å²) in [7, 11) is 2.89. The standard InChI is InChI=1S/C24H19BrN2O6S/c1-13-4-7-16(8-5-13)34-23-18(25)11-15(33-23)10-17-21(28)26-24(30)27(22(17)29)19-9-6-14(31-2)12-20(19)32-3/h4-12H,1-3H3,(H,26,28,30). The number of furan rings is 1. The highest BCUT2D eigenvalue weighted by Crippen LogP contribution is 2.38. The second-order valence-corrected chi connectivity index (χ2v) is 9.10. The van der Waals surface area contributed by atoms with Gasteiger partial charge in [0, 0.05) is 11.0 Å². The van der Waals surface area contributed by atoms with Crippen molar-refractivity contribution in [3.05, 3.63) is 69.9 Å². The number of halogens is 1. The molecule has 0 unspecified atom stereocenters. The number of anilines is 1. The lowest BCUT2D eigenvalue weighted by atomic mass is 10.1. The molecular weight excluding hydrogens is 524 g/mol. The molecule has 8 nitrogen and oxygen atoms in total. The van der Waals surface area contributed by atoms with Crippen LogP contribution in [0.3, 0.4) is 0 Å². The van der Waals surface area contributed by atoms with Gasteiger partial charge in [-0.2, -0.15) is 0 Å². The molecular formula is C24H19BrN2O6S. The van der Waals surface area contributed by atoms with Crippen LogP contribution >= 0.6 is 27.7 Å². The lowest BCUT2D eigenvalue weighted by molar-refractivity contribution is -0.122. The summed E-state index contributed by atoms with van der Waals surface area (Å²) in [6, 6.07) is 13.3. The quantitative estimate of drug-likeness (QED) is 0.338. The number of urea groups is 1. The van der Waals surface area contributed by atoms with Crippen LogP contribution in [-0.4, -0.2) is 32.1 Å². The third-order valence-corrected chi connectivity index (χ3v) is 6.77. The van der Waals surface area contributed by atoms with Gasteiger partial charge in [-0.05, 0) is 59.3 Å². The number of hydrogen-bond donors (Lipinski definition) is 1. The van der Waals surface area contributed by atoms with Crippen LogP contribution in [0.2, 0.25) is 0 Å². The Morgan fingerprint density at radius 1 is 1.03 bits per heavy atom. The summed E-state index contributed by atoms with van der Waals surface area (Å²) >= 11 is 4.84. The Hall–Kier alpha value is -3.50. The van der Waals surface area contributed by atoms with Crippen LogP contribution in [0.5, 0.6) is 11.5 Å². The average Bonchev–Trinajstić information content (AvgIpc) is 3.16. The Balaban J connectivity index is 1.66. The molecule has 1 fully saturated rings.